The molecule has 3 rings (SSSR count). The number of H-pyrrole nitrogens is 1. The molecule has 0 bridgehead atoms. The average Bonchev–Trinajstić information content (AvgIpc) is 3.49. The van der Waals surface area contributed by atoms with Crippen LogP contribution in [0.2, 0.25) is 0 Å². The number of imidazole rings is 1. The summed E-state index contributed by atoms with van der Waals surface area (Å²) in [4.78, 5) is 34.2. The lowest BCUT2D eigenvalue weighted by molar-refractivity contribution is -0.135. The lowest BCUT2D eigenvalue weighted by Gasteiger charge is -2.29. The van der Waals surface area contributed by atoms with E-state index < -0.39 is 12.1 Å². The van der Waals surface area contributed by atoms with Gasteiger partial charge in [0.15, 0.2) is 0 Å². The molecule has 0 unspecified atom stereocenters. The van der Waals surface area contributed by atoms with E-state index in [0.29, 0.717) is 18.1 Å². The molecule has 0 spiro atoms. The van der Waals surface area contributed by atoms with Crippen LogP contribution in [0.25, 0.3) is 0 Å². The number of nitrogens with one attached hydrogen (secondary N) is 2. The van der Waals surface area contributed by atoms with Gasteiger partial charge < -0.3 is 19.9 Å². The Morgan fingerprint density at radius 2 is 1.88 bits per heavy atom. The van der Waals surface area contributed by atoms with Crippen molar-refractivity contribution in [2.24, 2.45) is 5.92 Å². The Kier molecular flexibility index (Phi) is 8.17. The number of rotatable bonds is 4. The Bertz CT molecular complexity index is 1170. The van der Waals surface area contributed by atoms with Crippen LogP contribution in [-0.4, -0.2) is 46.6 Å². The number of hydrogen-bond donors (Lipinski definition) is 2. The van der Waals surface area contributed by atoms with E-state index in [4.69, 9.17) is 0 Å². The van der Waals surface area contributed by atoms with Crippen molar-refractivity contribution >= 4 is 12.0 Å². The zero-order valence-electron chi connectivity index (χ0n) is 18.9. The molecule has 2 N–H and O–H groups in total. The first kappa shape index (κ1) is 23.5. The van der Waals surface area contributed by atoms with E-state index in [2.05, 4.69) is 55.5 Å². The van der Waals surface area contributed by atoms with Gasteiger partial charge in [0.05, 0.1) is 19.3 Å². The molecule has 1 saturated heterocycles. The summed E-state index contributed by atoms with van der Waals surface area (Å²) in [5, 5.41) is 2.64. The second kappa shape index (κ2) is 11.5. The third kappa shape index (κ3) is 6.42. The fraction of sp³-hybridized carbons (Fsp3) is 0.346. The molecule has 33 heavy (non-hydrogen) atoms. The molecule has 1 aromatic heterocycles. The van der Waals surface area contributed by atoms with Crippen LogP contribution in [0.15, 0.2) is 36.5 Å². The van der Waals surface area contributed by atoms with Crippen molar-refractivity contribution in [1.82, 2.24) is 20.2 Å². The fourth-order valence-corrected chi connectivity index (χ4v) is 3.55. The Morgan fingerprint density at radius 3 is 2.58 bits per heavy atom. The number of aromatic nitrogens is 2. The number of carbonyl (C=O) groups is 2. The topological polar surface area (TPSA) is 87.3 Å². The Balaban J connectivity index is 1.67. The highest BCUT2D eigenvalue weighted by Crippen LogP contribution is 2.31. The van der Waals surface area contributed by atoms with Gasteiger partial charge in [-0.1, -0.05) is 38.0 Å². The third-order valence-corrected chi connectivity index (χ3v) is 5.20. The SMILES string of the molecule is COC(=O)N[C@@H](C(=O)N1CCC[C@@H]1c1ncc(C#CC#CC#Cc2ccccc2)[nH]1)C(C)C. The maximum atomic E-state index is 13.2. The standard InChI is InChI=1S/C26H26N4O3/c1-19(2)23(29-26(32)33-3)25(31)30-17-11-16-22(30)24-27-18-21(28-24)15-10-5-4-7-12-20-13-8-6-9-14-20/h6,8-9,13-14,18-19,22-23H,11,16-17H2,1-3H3,(H,27,28)(H,29,32)/t22-,23-/m1/s1. The summed E-state index contributed by atoms with van der Waals surface area (Å²) in [6.45, 7) is 4.37. The number of aromatic amines is 1. The van der Waals surface area contributed by atoms with Crippen LogP contribution in [-0.2, 0) is 9.53 Å². The maximum Gasteiger partial charge on any atom is 0.407 e. The highest BCUT2D eigenvalue weighted by molar-refractivity contribution is 5.86. The molecule has 0 saturated carbocycles. The smallest absolute Gasteiger partial charge is 0.407 e. The zero-order valence-corrected chi connectivity index (χ0v) is 18.9. The summed E-state index contributed by atoms with van der Waals surface area (Å²) in [7, 11) is 1.28. The number of nitrogens with zero attached hydrogens (tertiary/aromatic N) is 2. The van der Waals surface area contributed by atoms with E-state index in [-0.39, 0.29) is 17.9 Å². The van der Waals surface area contributed by atoms with Gasteiger partial charge in [-0.15, -0.1) is 0 Å². The minimum absolute atomic E-state index is 0.0838. The normalized spacial score (nSPS) is 15.3. The quantitative estimate of drug-likeness (QED) is 0.713. The first-order chi connectivity index (χ1) is 16.0. The summed E-state index contributed by atoms with van der Waals surface area (Å²) >= 11 is 0. The Labute approximate surface area is 194 Å². The maximum absolute atomic E-state index is 13.2. The van der Waals surface area contributed by atoms with Crippen LogP contribution in [0.5, 0.6) is 0 Å². The summed E-state index contributed by atoms with van der Waals surface area (Å²) in [6, 6.07) is 8.74. The monoisotopic (exact) mass is 442 g/mol. The molecule has 0 aliphatic carbocycles. The minimum Gasteiger partial charge on any atom is -0.453 e. The molecule has 7 heteroatoms. The number of alkyl carbamates (subject to hydrolysis) is 1. The van der Waals surface area contributed by atoms with Gasteiger partial charge in [0, 0.05) is 12.1 Å². The van der Waals surface area contributed by atoms with E-state index in [1.54, 1.807) is 11.1 Å². The van der Waals surface area contributed by atoms with Crippen LogP contribution in [0.4, 0.5) is 4.79 Å². The summed E-state index contributed by atoms with van der Waals surface area (Å²) in [5.41, 5.74) is 1.51. The van der Waals surface area contributed by atoms with Gasteiger partial charge in [-0.05, 0) is 60.5 Å². The number of hydrogen-bond acceptors (Lipinski definition) is 4. The predicted octanol–water partition coefficient (Wildman–Crippen LogP) is 2.86. The summed E-state index contributed by atoms with van der Waals surface area (Å²) < 4.78 is 4.67. The van der Waals surface area contributed by atoms with E-state index in [0.717, 1.165) is 18.4 Å². The van der Waals surface area contributed by atoms with Gasteiger partial charge in [0.2, 0.25) is 5.91 Å². The molecular formula is C26H26N4O3. The molecule has 0 radical (unpaired) electrons. The minimum atomic E-state index is -0.667. The molecular weight excluding hydrogens is 416 g/mol. The number of benzene rings is 1. The van der Waals surface area contributed by atoms with Crippen molar-refractivity contribution in [3.05, 3.63) is 53.6 Å². The largest absolute Gasteiger partial charge is 0.453 e. The lowest BCUT2D eigenvalue weighted by atomic mass is 10.0. The van der Waals surface area contributed by atoms with Gasteiger partial charge in [-0.3, -0.25) is 4.79 Å². The zero-order chi connectivity index (χ0) is 23.6. The van der Waals surface area contributed by atoms with E-state index in [1.165, 1.54) is 7.11 Å². The van der Waals surface area contributed by atoms with Gasteiger partial charge in [0.1, 0.15) is 17.6 Å². The van der Waals surface area contributed by atoms with Gasteiger partial charge in [-0.2, -0.15) is 0 Å². The molecule has 1 aliphatic heterocycles. The highest BCUT2D eigenvalue weighted by Gasteiger charge is 2.37. The fourth-order valence-electron chi connectivity index (χ4n) is 3.55. The van der Waals surface area contributed by atoms with Crippen LogP contribution >= 0.6 is 0 Å². The molecule has 2 amide bonds. The van der Waals surface area contributed by atoms with E-state index in [9.17, 15) is 9.59 Å². The molecule has 1 aliphatic rings. The molecule has 2 heterocycles. The molecule has 1 aromatic carbocycles. The molecule has 1 fully saturated rings. The Morgan fingerprint density at radius 1 is 1.15 bits per heavy atom. The van der Waals surface area contributed by atoms with Crippen LogP contribution in [0, 0.1) is 41.4 Å². The number of likely N-dealkylation sites (tertiary alicyclic amines) is 1. The van der Waals surface area contributed by atoms with Crippen LogP contribution < -0.4 is 5.32 Å². The van der Waals surface area contributed by atoms with Crippen LogP contribution in [0.3, 0.4) is 0 Å². The number of amides is 2. The van der Waals surface area contributed by atoms with Gasteiger partial charge in [0.25, 0.3) is 0 Å². The molecule has 2 aromatic rings. The van der Waals surface area contributed by atoms with Gasteiger partial charge >= 0.3 is 6.09 Å². The van der Waals surface area contributed by atoms with Crippen molar-refractivity contribution in [3.8, 4) is 35.5 Å². The molecule has 2 atom stereocenters. The number of carbonyl (C=O) groups excluding carboxylic acids is 2. The third-order valence-electron chi connectivity index (χ3n) is 5.20. The second-order valence-corrected chi connectivity index (χ2v) is 7.85. The molecule has 168 valence electrons. The average molecular weight is 443 g/mol. The number of ether oxygens (including phenoxy) is 1. The first-order valence-corrected chi connectivity index (χ1v) is 10.8. The number of methoxy groups -OCH3 is 1. The van der Waals surface area contributed by atoms with Crippen molar-refractivity contribution in [3.63, 3.8) is 0 Å². The Hall–Kier alpha value is -4.15. The van der Waals surface area contributed by atoms with Crippen molar-refractivity contribution in [1.29, 1.82) is 0 Å². The van der Waals surface area contributed by atoms with E-state index in [1.807, 2.05) is 44.2 Å². The van der Waals surface area contributed by atoms with Crippen LogP contribution in [0.1, 0.15) is 49.8 Å². The van der Waals surface area contributed by atoms with E-state index >= 15 is 0 Å². The highest BCUT2D eigenvalue weighted by atomic mass is 16.5. The molecule has 7 nitrogen and oxygen atoms in total. The summed E-state index contributed by atoms with van der Waals surface area (Å²) in [5.74, 6) is 17.3. The first-order valence-electron chi connectivity index (χ1n) is 10.8. The second-order valence-electron chi connectivity index (χ2n) is 7.85. The van der Waals surface area contributed by atoms with Crippen molar-refractivity contribution < 1.29 is 14.3 Å². The van der Waals surface area contributed by atoms with Crippen molar-refractivity contribution in [2.75, 3.05) is 13.7 Å². The summed E-state index contributed by atoms with van der Waals surface area (Å²) in [6.07, 6.45) is 2.65. The van der Waals surface area contributed by atoms with Gasteiger partial charge in [-0.25, -0.2) is 9.78 Å². The van der Waals surface area contributed by atoms with Crippen molar-refractivity contribution in [2.45, 2.75) is 38.8 Å². The lowest BCUT2D eigenvalue weighted by Crippen LogP contribution is -2.51. The predicted molar refractivity (Wildman–Crippen MR) is 124 cm³/mol.